The summed E-state index contributed by atoms with van der Waals surface area (Å²) < 4.78 is 0. The summed E-state index contributed by atoms with van der Waals surface area (Å²) in [7, 11) is 0. The Morgan fingerprint density at radius 1 is 1.31 bits per heavy atom. The van der Waals surface area contributed by atoms with Gasteiger partial charge in [-0.25, -0.2) is 0 Å². The summed E-state index contributed by atoms with van der Waals surface area (Å²) in [6, 6.07) is -0.0946. The van der Waals surface area contributed by atoms with Crippen LogP contribution >= 0.6 is 0 Å². The second-order valence-corrected chi connectivity index (χ2v) is 5.49. The van der Waals surface area contributed by atoms with Gasteiger partial charge in [-0.2, -0.15) is 0 Å². The summed E-state index contributed by atoms with van der Waals surface area (Å²) in [6.07, 6.45) is 5.49. The van der Waals surface area contributed by atoms with E-state index in [1.807, 2.05) is 0 Å². The first-order valence-corrected chi connectivity index (χ1v) is 6.29. The molecule has 1 amide bonds. The lowest BCUT2D eigenvalue weighted by Gasteiger charge is -2.32. The van der Waals surface area contributed by atoms with Crippen LogP contribution in [0.2, 0.25) is 0 Å². The number of amides is 1. The third kappa shape index (κ3) is 2.38. The van der Waals surface area contributed by atoms with Gasteiger partial charge in [-0.15, -0.1) is 0 Å². The summed E-state index contributed by atoms with van der Waals surface area (Å²) in [5.74, 6) is 0.231. The van der Waals surface area contributed by atoms with Gasteiger partial charge in [0, 0.05) is 0 Å². The molecule has 0 aromatic carbocycles. The monoisotopic (exact) mass is 226 g/mol. The first-order valence-electron chi connectivity index (χ1n) is 6.29. The molecule has 2 saturated carbocycles. The highest BCUT2D eigenvalue weighted by atomic mass is 16.3. The first-order chi connectivity index (χ1) is 7.51. The molecule has 92 valence electrons. The molecule has 16 heavy (non-hydrogen) atoms. The van der Waals surface area contributed by atoms with Gasteiger partial charge in [-0.3, -0.25) is 4.79 Å². The zero-order chi connectivity index (χ0) is 11.8. The fourth-order valence-corrected chi connectivity index (χ4v) is 2.47. The lowest BCUT2D eigenvalue weighted by molar-refractivity contribution is -0.128. The van der Waals surface area contributed by atoms with Crippen LogP contribution < -0.4 is 11.1 Å². The largest absolute Gasteiger partial charge is 0.391 e. The van der Waals surface area contributed by atoms with Crippen molar-refractivity contribution in [1.82, 2.24) is 5.32 Å². The Hall–Kier alpha value is -0.610. The maximum atomic E-state index is 12.0. The fourth-order valence-electron chi connectivity index (χ4n) is 2.47. The quantitative estimate of drug-likeness (QED) is 0.657. The smallest absolute Gasteiger partial charge is 0.240 e. The molecule has 2 rings (SSSR count). The standard InChI is InChI=1S/C12H22N2O2/c1-12(13,8-6-7-8)11(16)14-9-4-2-3-5-10(9)15/h8-10,15H,2-7,13H2,1H3,(H,14,16). The molecule has 4 heteroatoms. The molecule has 2 aliphatic carbocycles. The molecule has 2 aliphatic rings. The normalized spacial score (nSPS) is 34.2. The van der Waals surface area contributed by atoms with Crippen molar-refractivity contribution in [3.63, 3.8) is 0 Å². The lowest BCUT2D eigenvalue weighted by Crippen LogP contribution is -2.58. The highest BCUT2D eigenvalue weighted by molar-refractivity contribution is 5.86. The molecule has 0 saturated heterocycles. The van der Waals surface area contributed by atoms with Crippen LogP contribution in [0.4, 0.5) is 0 Å². The Morgan fingerprint density at radius 2 is 1.94 bits per heavy atom. The summed E-state index contributed by atoms with van der Waals surface area (Å²) in [5, 5.41) is 12.7. The fraction of sp³-hybridized carbons (Fsp3) is 0.917. The zero-order valence-electron chi connectivity index (χ0n) is 9.91. The Morgan fingerprint density at radius 3 is 2.50 bits per heavy atom. The predicted octanol–water partition coefficient (Wildman–Crippen LogP) is 0.533. The van der Waals surface area contributed by atoms with Crippen molar-refractivity contribution in [2.45, 2.75) is 63.1 Å². The Bertz CT molecular complexity index is 274. The minimum Gasteiger partial charge on any atom is -0.391 e. The van der Waals surface area contributed by atoms with E-state index >= 15 is 0 Å². The van der Waals surface area contributed by atoms with Crippen molar-refractivity contribution >= 4 is 5.91 Å². The molecule has 0 heterocycles. The number of carbonyl (C=O) groups is 1. The van der Waals surface area contributed by atoms with Crippen LogP contribution in [0, 0.1) is 5.92 Å². The average molecular weight is 226 g/mol. The summed E-state index contributed by atoms with van der Waals surface area (Å²) in [5.41, 5.74) is 5.28. The molecule has 2 fully saturated rings. The van der Waals surface area contributed by atoms with Gasteiger partial charge in [-0.1, -0.05) is 12.8 Å². The summed E-state index contributed by atoms with van der Waals surface area (Å²) >= 11 is 0. The van der Waals surface area contributed by atoms with Crippen LogP contribution in [0.15, 0.2) is 0 Å². The highest BCUT2D eigenvalue weighted by Gasteiger charge is 2.44. The molecule has 0 bridgehead atoms. The maximum Gasteiger partial charge on any atom is 0.240 e. The van der Waals surface area contributed by atoms with E-state index in [0.717, 1.165) is 38.5 Å². The van der Waals surface area contributed by atoms with Crippen LogP contribution in [-0.4, -0.2) is 28.7 Å². The molecule has 0 aliphatic heterocycles. The zero-order valence-corrected chi connectivity index (χ0v) is 9.91. The molecule has 4 N–H and O–H groups in total. The average Bonchev–Trinajstić information content (AvgIpc) is 3.04. The van der Waals surface area contributed by atoms with Gasteiger partial charge in [-0.05, 0) is 38.5 Å². The number of aliphatic hydroxyl groups excluding tert-OH is 1. The highest BCUT2D eigenvalue weighted by Crippen LogP contribution is 2.38. The summed E-state index contributed by atoms with van der Waals surface area (Å²) in [6.45, 7) is 1.80. The van der Waals surface area contributed by atoms with Gasteiger partial charge in [0.2, 0.25) is 5.91 Å². The van der Waals surface area contributed by atoms with E-state index in [9.17, 15) is 9.90 Å². The van der Waals surface area contributed by atoms with Gasteiger partial charge < -0.3 is 16.2 Å². The number of hydrogen-bond donors (Lipinski definition) is 3. The third-order valence-corrected chi connectivity index (χ3v) is 3.96. The second kappa shape index (κ2) is 4.34. The molecule has 4 nitrogen and oxygen atoms in total. The Balaban J connectivity index is 1.90. The van der Waals surface area contributed by atoms with E-state index in [1.165, 1.54) is 0 Å². The molecule has 0 radical (unpaired) electrons. The van der Waals surface area contributed by atoms with E-state index in [-0.39, 0.29) is 11.9 Å². The topological polar surface area (TPSA) is 75.4 Å². The van der Waals surface area contributed by atoms with Crippen molar-refractivity contribution in [3.05, 3.63) is 0 Å². The predicted molar refractivity (Wildman–Crippen MR) is 61.7 cm³/mol. The minimum atomic E-state index is -0.753. The van der Waals surface area contributed by atoms with Crippen LogP contribution in [0.5, 0.6) is 0 Å². The maximum absolute atomic E-state index is 12.0. The van der Waals surface area contributed by atoms with Crippen molar-refractivity contribution in [3.8, 4) is 0 Å². The lowest BCUT2D eigenvalue weighted by atomic mass is 9.90. The van der Waals surface area contributed by atoms with Gasteiger partial charge >= 0.3 is 0 Å². The van der Waals surface area contributed by atoms with Crippen molar-refractivity contribution in [2.24, 2.45) is 11.7 Å². The third-order valence-electron chi connectivity index (χ3n) is 3.96. The first kappa shape index (κ1) is 11.9. The van der Waals surface area contributed by atoms with Gasteiger partial charge in [0.05, 0.1) is 17.7 Å². The van der Waals surface area contributed by atoms with Crippen LogP contribution in [0.3, 0.4) is 0 Å². The molecule has 0 aromatic heterocycles. The summed E-state index contributed by atoms with van der Waals surface area (Å²) in [4.78, 5) is 12.0. The number of carbonyl (C=O) groups excluding carboxylic acids is 1. The number of rotatable bonds is 3. The molecule has 0 aromatic rings. The molecular weight excluding hydrogens is 204 g/mol. The molecule has 3 unspecified atom stereocenters. The van der Waals surface area contributed by atoms with E-state index in [2.05, 4.69) is 5.32 Å². The van der Waals surface area contributed by atoms with Crippen molar-refractivity contribution in [2.75, 3.05) is 0 Å². The van der Waals surface area contributed by atoms with Gasteiger partial charge in [0.15, 0.2) is 0 Å². The number of nitrogens with one attached hydrogen (secondary N) is 1. The van der Waals surface area contributed by atoms with E-state index in [4.69, 9.17) is 5.73 Å². The number of aliphatic hydroxyl groups is 1. The van der Waals surface area contributed by atoms with Gasteiger partial charge in [0.1, 0.15) is 0 Å². The van der Waals surface area contributed by atoms with Crippen molar-refractivity contribution in [1.29, 1.82) is 0 Å². The van der Waals surface area contributed by atoms with Crippen molar-refractivity contribution < 1.29 is 9.90 Å². The van der Waals surface area contributed by atoms with E-state index < -0.39 is 11.6 Å². The SMILES string of the molecule is CC(N)(C(=O)NC1CCCCC1O)C1CC1. The van der Waals surface area contributed by atoms with Crippen LogP contribution in [0.25, 0.3) is 0 Å². The van der Waals surface area contributed by atoms with Crippen LogP contribution in [0.1, 0.15) is 45.4 Å². The van der Waals surface area contributed by atoms with Gasteiger partial charge in [0.25, 0.3) is 0 Å². The molecule has 3 atom stereocenters. The molecular formula is C12H22N2O2. The number of hydrogen-bond acceptors (Lipinski definition) is 3. The van der Waals surface area contributed by atoms with E-state index in [0.29, 0.717) is 5.92 Å². The second-order valence-electron chi connectivity index (χ2n) is 5.49. The Kier molecular flexibility index (Phi) is 3.22. The molecule has 0 spiro atoms. The van der Waals surface area contributed by atoms with Crippen LogP contribution in [-0.2, 0) is 4.79 Å². The minimum absolute atomic E-state index is 0.0946. The number of nitrogens with two attached hydrogens (primary N) is 1. The Labute approximate surface area is 96.6 Å². The van der Waals surface area contributed by atoms with E-state index in [1.54, 1.807) is 6.92 Å².